The molecule has 4 N–H and O–H groups in total. The predicted octanol–water partition coefficient (Wildman–Crippen LogP) is 2.47. The van der Waals surface area contributed by atoms with Crippen LogP contribution in [0.2, 0.25) is 0 Å². The first-order valence-corrected chi connectivity index (χ1v) is 18.1. The number of likely N-dealkylation sites (tertiary alicyclic amines) is 1. The Balaban J connectivity index is 1.67. The minimum absolute atomic E-state index is 0.0224. The molecule has 6 amide bonds. The van der Waals surface area contributed by atoms with Crippen molar-refractivity contribution in [3.63, 3.8) is 0 Å². The van der Waals surface area contributed by atoms with E-state index < -0.39 is 60.3 Å². The Labute approximate surface area is 301 Å². The summed E-state index contributed by atoms with van der Waals surface area (Å²) in [7, 11) is 3.12. The molecule has 1 heterocycles. The number of ketones is 1. The third-order valence-electron chi connectivity index (χ3n) is 9.27. The number of amides is 6. The summed E-state index contributed by atoms with van der Waals surface area (Å²) >= 11 is 0. The Morgan fingerprint density at radius 1 is 0.941 bits per heavy atom. The normalized spacial score (nSPS) is 19.3. The molecule has 282 valence electrons. The fraction of sp³-hybridized carbons (Fsp3) is 0.649. The van der Waals surface area contributed by atoms with Crippen LogP contribution in [0, 0.1) is 17.8 Å². The van der Waals surface area contributed by atoms with Crippen molar-refractivity contribution < 1.29 is 38.3 Å². The lowest BCUT2D eigenvalue weighted by Gasteiger charge is -2.34. The summed E-state index contributed by atoms with van der Waals surface area (Å²) in [6.45, 7) is 7.50. The lowest BCUT2D eigenvalue weighted by atomic mass is 9.83. The fourth-order valence-electron chi connectivity index (χ4n) is 6.61. The first-order valence-electron chi connectivity index (χ1n) is 18.1. The van der Waals surface area contributed by atoms with Crippen LogP contribution < -0.4 is 21.3 Å². The molecule has 1 aliphatic carbocycles. The number of ether oxygens (including phenoxy) is 1. The van der Waals surface area contributed by atoms with E-state index in [9.17, 15) is 33.6 Å². The number of alkyl carbamates (subject to hydrolysis) is 1. The van der Waals surface area contributed by atoms with Crippen LogP contribution in [-0.4, -0.2) is 103 Å². The van der Waals surface area contributed by atoms with Crippen LogP contribution in [0.15, 0.2) is 30.3 Å². The van der Waals surface area contributed by atoms with Crippen molar-refractivity contribution >= 4 is 41.4 Å². The van der Waals surface area contributed by atoms with Crippen LogP contribution in [0.4, 0.5) is 4.79 Å². The van der Waals surface area contributed by atoms with Gasteiger partial charge in [-0.3, -0.25) is 28.8 Å². The summed E-state index contributed by atoms with van der Waals surface area (Å²) in [5.74, 6) is -3.98. The molecule has 1 aliphatic heterocycles. The molecule has 2 fully saturated rings. The van der Waals surface area contributed by atoms with Gasteiger partial charge in [-0.25, -0.2) is 4.79 Å². The zero-order valence-electron chi connectivity index (χ0n) is 30.9. The number of carbonyl (C=O) groups excluding carboxylic acids is 7. The van der Waals surface area contributed by atoms with Gasteiger partial charge in [0, 0.05) is 20.6 Å². The van der Waals surface area contributed by atoms with Crippen LogP contribution in [0.3, 0.4) is 0 Å². The smallest absolute Gasteiger partial charge is 0.407 e. The highest BCUT2D eigenvalue weighted by Crippen LogP contribution is 2.31. The molecule has 0 radical (unpaired) electrons. The van der Waals surface area contributed by atoms with Gasteiger partial charge in [0.15, 0.2) is 0 Å². The van der Waals surface area contributed by atoms with Gasteiger partial charge >= 0.3 is 6.09 Å². The Kier molecular flexibility index (Phi) is 15.9. The van der Waals surface area contributed by atoms with E-state index in [0.717, 1.165) is 32.1 Å². The van der Waals surface area contributed by atoms with Gasteiger partial charge in [0.25, 0.3) is 5.91 Å². The van der Waals surface area contributed by atoms with Crippen LogP contribution in [0.5, 0.6) is 0 Å². The van der Waals surface area contributed by atoms with Crippen molar-refractivity contribution in [1.82, 2.24) is 31.1 Å². The highest BCUT2D eigenvalue weighted by molar-refractivity contribution is 6.38. The number of likely N-dealkylation sites (N-methyl/N-ethyl adjacent to an activating group) is 1. The Bertz CT molecular complexity index is 1380. The summed E-state index contributed by atoms with van der Waals surface area (Å²) in [6.07, 6.45) is 4.74. The van der Waals surface area contributed by atoms with E-state index in [4.69, 9.17) is 4.74 Å². The monoisotopic (exact) mass is 712 g/mol. The summed E-state index contributed by atoms with van der Waals surface area (Å²) in [5, 5.41) is 10.4. The molecule has 14 heteroatoms. The molecule has 2 aliphatic rings. The average Bonchev–Trinajstić information content (AvgIpc) is 3.52. The van der Waals surface area contributed by atoms with Gasteiger partial charge in [-0.2, -0.15) is 0 Å². The highest BCUT2D eigenvalue weighted by atomic mass is 16.5. The average molecular weight is 713 g/mol. The molecule has 5 atom stereocenters. The van der Waals surface area contributed by atoms with Crippen molar-refractivity contribution in [2.75, 3.05) is 33.8 Å². The second kappa shape index (κ2) is 19.8. The van der Waals surface area contributed by atoms with E-state index >= 15 is 0 Å². The van der Waals surface area contributed by atoms with Crippen molar-refractivity contribution in [3.05, 3.63) is 35.9 Å². The molecule has 3 rings (SSSR count). The quantitative estimate of drug-likeness (QED) is 0.189. The predicted molar refractivity (Wildman–Crippen MR) is 190 cm³/mol. The number of Topliss-reactive ketones (excluding diaryl/α,β-unsaturated/α-hetero) is 1. The summed E-state index contributed by atoms with van der Waals surface area (Å²) in [4.78, 5) is 95.3. The van der Waals surface area contributed by atoms with Crippen molar-refractivity contribution in [2.45, 2.75) is 103 Å². The maximum Gasteiger partial charge on any atom is 0.407 e. The van der Waals surface area contributed by atoms with E-state index in [2.05, 4.69) is 21.3 Å². The van der Waals surface area contributed by atoms with Gasteiger partial charge in [0.1, 0.15) is 18.1 Å². The highest BCUT2D eigenvalue weighted by Gasteiger charge is 2.44. The lowest BCUT2D eigenvalue weighted by molar-refractivity contribution is -0.143. The number of hydrogen-bond donors (Lipinski definition) is 4. The zero-order valence-corrected chi connectivity index (χ0v) is 30.9. The number of hydrogen-bond acceptors (Lipinski definition) is 8. The van der Waals surface area contributed by atoms with Crippen LogP contribution in [-0.2, 0) is 33.5 Å². The van der Waals surface area contributed by atoms with Gasteiger partial charge in [0.2, 0.25) is 29.4 Å². The van der Waals surface area contributed by atoms with E-state index in [1.165, 1.54) is 9.80 Å². The molecule has 0 spiro atoms. The van der Waals surface area contributed by atoms with Crippen molar-refractivity contribution in [2.24, 2.45) is 17.8 Å². The number of rotatable bonds is 16. The van der Waals surface area contributed by atoms with Crippen LogP contribution in [0.25, 0.3) is 0 Å². The third kappa shape index (κ3) is 12.1. The minimum Gasteiger partial charge on any atom is -0.449 e. The van der Waals surface area contributed by atoms with E-state index in [0.29, 0.717) is 24.9 Å². The Morgan fingerprint density at radius 3 is 2.22 bits per heavy atom. The lowest BCUT2D eigenvalue weighted by Crippen LogP contribution is -2.58. The Hall–Kier alpha value is -4.49. The minimum atomic E-state index is -1.19. The van der Waals surface area contributed by atoms with Crippen LogP contribution in [0.1, 0.15) is 90.7 Å². The molecule has 14 nitrogen and oxygen atoms in total. The van der Waals surface area contributed by atoms with Crippen LogP contribution >= 0.6 is 0 Å². The van der Waals surface area contributed by atoms with Gasteiger partial charge in [-0.15, -0.1) is 0 Å². The molecule has 1 saturated heterocycles. The number of benzene rings is 1. The third-order valence-corrected chi connectivity index (χ3v) is 9.27. The molecular formula is C37H56N6O8. The zero-order chi connectivity index (χ0) is 37.7. The van der Waals surface area contributed by atoms with Crippen molar-refractivity contribution in [1.29, 1.82) is 0 Å². The first kappa shape index (κ1) is 40.9. The number of carbonyl (C=O) groups is 7. The Morgan fingerprint density at radius 2 is 1.61 bits per heavy atom. The van der Waals surface area contributed by atoms with Gasteiger partial charge in [-0.05, 0) is 49.0 Å². The van der Waals surface area contributed by atoms with E-state index in [-0.39, 0.29) is 42.6 Å². The van der Waals surface area contributed by atoms with E-state index in [1.807, 2.05) is 20.8 Å². The molecule has 1 saturated carbocycles. The number of nitrogens with one attached hydrogen (secondary N) is 4. The second-order valence-electron chi connectivity index (χ2n) is 14.4. The topological polar surface area (TPSA) is 183 Å². The second-order valence-corrected chi connectivity index (χ2v) is 14.4. The first-order chi connectivity index (χ1) is 24.2. The summed E-state index contributed by atoms with van der Waals surface area (Å²) in [6, 6.07) is 4.69. The molecule has 0 aromatic heterocycles. The molecule has 0 unspecified atom stereocenters. The summed E-state index contributed by atoms with van der Waals surface area (Å²) < 4.78 is 5.34. The molecule has 1 aromatic carbocycles. The van der Waals surface area contributed by atoms with Gasteiger partial charge in [-0.1, -0.05) is 83.7 Å². The molecule has 0 bridgehead atoms. The summed E-state index contributed by atoms with van der Waals surface area (Å²) in [5.41, 5.74) is 0.554. The largest absolute Gasteiger partial charge is 0.449 e. The maximum absolute atomic E-state index is 14.1. The number of nitrogens with zero attached hydrogens (tertiary/aromatic N) is 2. The molecular weight excluding hydrogens is 656 g/mol. The van der Waals surface area contributed by atoms with Crippen molar-refractivity contribution in [3.8, 4) is 0 Å². The SMILES string of the molecule is CCC[C@H](NC(=O)[C@@H]1C[C@H](C)CN1C(=O)[C@@H](NC(=O)OCC(C)C)C1CCCCC1)C(=O)C(=O)NCC(=O)N[C@H](C(=O)N(C)C)c1ccccc1. The van der Waals surface area contributed by atoms with Gasteiger partial charge in [0.05, 0.1) is 19.2 Å². The molecule has 1 aromatic rings. The standard InChI is InChI=1S/C37H56N6O8/c1-7-14-27(32(45)34(47)38-20-29(44)40-30(35(48)42(5)6)25-15-10-8-11-16-25)39-33(46)28-19-24(4)21-43(28)36(49)31(26-17-12-9-13-18-26)41-37(50)51-22-23(2)3/h8,10-11,15-16,23-24,26-28,30-31H,7,9,12-14,17-22H2,1-6H3,(H,38,47)(H,39,46)(H,40,44)(H,41,50)/t24-,27-,28-,30-,31-/m0/s1. The van der Waals surface area contributed by atoms with Gasteiger partial charge < -0.3 is 35.8 Å². The fourth-order valence-corrected chi connectivity index (χ4v) is 6.61. The maximum atomic E-state index is 14.1. The van der Waals surface area contributed by atoms with E-state index in [1.54, 1.807) is 51.4 Å². The molecule has 51 heavy (non-hydrogen) atoms.